The van der Waals surface area contributed by atoms with E-state index in [1.165, 1.54) is 30.3 Å². The molecule has 0 atom stereocenters. The van der Waals surface area contributed by atoms with Gasteiger partial charge in [-0.1, -0.05) is 60.1 Å². The molecule has 0 spiro atoms. The van der Waals surface area contributed by atoms with Crippen molar-refractivity contribution in [3.05, 3.63) is 95.5 Å². The Labute approximate surface area is 189 Å². The molecule has 0 heterocycles. The van der Waals surface area contributed by atoms with Crippen molar-refractivity contribution in [1.29, 1.82) is 0 Å². The number of rotatable bonds is 5. The van der Waals surface area contributed by atoms with Crippen LogP contribution in [0.3, 0.4) is 0 Å². The number of hydrogen-bond acceptors (Lipinski definition) is 5. The number of carbonyl (C=O) groups is 1. The highest BCUT2D eigenvalue weighted by Gasteiger charge is 2.18. The molecule has 0 aliphatic rings. The third-order valence-electron chi connectivity index (χ3n) is 4.61. The Morgan fingerprint density at radius 1 is 0.875 bits per heavy atom. The summed E-state index contributed by atoms with van der Waals surface area (Å²) in [4.78, 5) is 12.4. The van der Waals surface area contributed by atoms with Crippen molar-refractivity contribution >= 4 is 49.7 Å². The number of hydrogen-bond donors (Lipinski definition) is 2. The van der Waals surface area contributed by atoms with Crippen molar-refractivity contribution in [3.63, 3.8) is 0 Å². The zero-order valence-electron chi connectivity index (χ0n) is 16.4. The number of anilines is 1. The van der Waals surface area contributed by atoms with Gasteiger partial charge in [0.05, 0.1) is 10.6 Å². The number of aromatic hydroxyl groups is 1. The van der Waals surface area contributed by atoms with Crippen molar-refractivity contribution in [1.82, 2.24) is 0 Å². The molecule has 32 heavy (non-hydrogen) atoms. The number of amides is 1. The zero-order valence-corrected chi connectivity index (χ0v) is 18.0. The van der Waals surface area contributed by atoms with Gasteiger partial charge < -0.3 is 5.11 Å². The number of nitrogens with zero attached hydrogens (tertiary/aromatic N) is 2. The quantitative estimate of drug-likeness (QED) is 0.281. The van der Waals surface area contributed by atoms with Gasteiger partial charge in [0.1, 0.15) is 5.69 Å². The van der Waals surface area contributed by atoms with E-state index in [2.05, 4.69) is 15.0 Å². The number of benzene rings is 4. The molecule has 4 aromatic rings. The maximum atomic E-state index is 12.8. The Kier molecular flexibility index (Phi) is 5.89. The number of phenolic OH excluding ortho intramolecular Hbond substituents is 1. The fourth-order valence-corrected chi connectivity index (χ4v) is 4.37. The molecule has 0 unspecified atom stereocenters. The molecule has 0 aromatic heterocycles. The van der Waals surface area contributed by atoms with Crippen LogP contribution in [0.25, 0.3) is 10.8 Å². The van der Waals surface area contributed by atoms with Crippen molar-refractivity contribution in [2.75, 3.05) is 4.72 Å². The van der Waals surface area contributed by atoms with Crippen LogP contribution in [0.2, 0.25) is 5.02 Å². The van der Waals surface area contributed by atoms with Gasteiger partial charge in [-0.05, 0) is 36.4 Å². The zero-order chi connectivity index (χ0) is 22.7. The second-order valence-electron chi connectivity index (χ2n) is 6.77. The van der Waals surface area contributed by atoms with Gasteiger partial charge in [0, 0.05) is 21.4 Å². The molecule has 0 bridgehead atoms. The SMILES string of the molecule is O=C(N=Nc1cc(NS(=O)(=O)c2ccccc2)c2ccccc2c1O)c1cccc(Cl)c1. The van der Waals surface area contributed by atoms with Crippen LogP contribution < -0.4 is 4.72 Å². The lowest BCUT2D eigenvalue weighted by atomic mass is 10.1. The predicted octanol–water partition coefficient (Wildman–Crippen LogP) is 5.92. The number of azo groups is 1. The van der Waals surface area contributed by atoms with Gasteiger partial charge in [-0.25, -0.2) is 8.42 Å². The van der Waals surface area contributed by atoms with E-state index < -0.39 is 15.9 Å². The van der Waals surface area contributed by atoms with Crippen LogP contribution in [-0.2, 0) is 10.0 Å². The van der Waals surface area contributed by atoms with Crippen LogP contribution in [0.5, 0.6) is 5.75 Å². The molecule has 4 aromatic carbocycles. The number of carbonyl (C=O) groups excluding carboxylic acids is 1. The summed E-state index contributed by atoms with van der Waals surface area (Å²) >= 11 is 5.90. The van der Waals surface area contributed by atoms with E-state index in [4.69, 9.17) is 11.6 Å². The van der Waals surface area contributed by atoms with Crippen LogP contribution in [0.4, 0.5) is 11.4 Å². The van der Waals surface area contributed by atoms with Crippen molar-refractivity contribution in [3.8, 4) is 5.75 Å². The fourth-order valence-electron chi connectivity index (χ4n) is 3.09. The van der Waals surface area contributed by atoms with Gasteiger partial charge in [0.15, 0.2) is 5.75 Å². The lowest BCUT2D eigenvalue weighted by Gasteiger charge is -2.13. The first-order valence-electron chi connectivity index (χ1n) is 9.39. The van der Waals surface area contributed by atoms with Gasteiger partial charge in [-0.15, -0.1) is 10.2 Å². The van der Waals surface area contributed by atoms with Crippen LogP contribution >= 0.6 is 11.6 Å². The summed E-state index contributed by atoms with van der Waals surface area (Å²) in [5.41, 5.74) is 0.350. The maximum Gasteiger partial charge on any atom is 0.295 e. The van der Waals surface area contributed by atoms with E-state index in [0.717, 1.165) is 0 Å². The van der Waals surface area contributed by atoms with E-state index in [1.807, 2.05) is 0 Å². The Hall–Kier alpha value is -3.75. The maximum absolute atomic E-state index is 12.8. The lowest BCUT2D eigenvalue weighted by molar-refractivity contribution is 0.0995. The molecule has 0 radical (unpaired) electrons. The van der Waals surface area contributed by atoms with E-state index in [1.54, 1.807) is 54.6 Å². The Balaban J connectivity index is 1.76. The van der Waals surface area contributed by atoms with Crippen LogP contribution in [0.15, 0.2) is 100 Å². The van der Waals surface area contributed by atoms with E-state index in [-0.39, 0.29) is 27.6 Å². The second kappa shape index (κ2) is 8.78. The minimum atomic E-state index is -3.90. The molecule has 0 saturated carbocycles. The summed E-state index contributed by atoms with van der Waals surface area (Å²) in [7, 11) is -3.90. The highest BCUT2D eigenvalue weighted by molar-refractivity contribution is 7.92. The van der Waals surface area contributed by atoms with Gasteiger partial charge in [-0.3, -0.25) is 9.52 Å². The summed E-state index contributed by atoms with van der Waals surface area (Å²) < 4.78 is 28.2. The van der Waals surface area contributed by atoms with Crippen molar-refractivity contribution in [2.45, 2.75) is 4.90 Å². The van der Waals surface area contributed by atoms with Gasteiger partial charge in [-0.2, -0.15) is 0 Å². The third kappa shape index (κ3) is 4.46. The molecule has 160 valence electrons. The molecule has 1 amide bonds. The predicted molar refractivity (Wildman–Crippen MR) is 123 cm³/mol. The summed E-state index contributed by atoms with van der Waals surface area (Å²) in [6, 6.07) is 22.1. The number of nitrogens with one attached hydrogen (secondary N) is 1. The first-order chi connectivity index (χ1) is 15.3. The summed E-state index contributed by atoms with van der Waals surface area (Å²) in [6.07, 6.45) is 0. The first-order valence-corrected chi connectivity index (χ1v) is 11.3. The third-order valence-corrected chi connectivity index (χ3v) is 6.23. The van der Waals surface area contributed by atoms with Crippen LogP contribution in [-0.4, -0.2) is 19.4 Å². The smallest absolute Gasteiger partial charge is 0.295 e. The monoisotopic (exact) mass is 465 g/mol. The van der Waals surface area contributed by atoms with Crippen LogP contribution in [0, 0.1) is 0 Å². The number of sulfonamides is 1. The molecule has 7 nitrogen and oxygen atoms in total. The molecule has 4 rings (SSSR count). The average molecular weight is 466 g/mol. The topological polar surface area (TPSA) is 108 Å². The summed E-state index contributed by atoms with van der Waals surface area (Å²) in [5, 5.41) is 19.4. The average Bonchev–Trinajstić information content (AvgIpc) is 2.80. The fraction of sp³-hybridized carbons (Fsp3) is 0. The Bertz CT molecular complexity index is 1460. The van der Waals surface area contributed by atoms with Gasteiger partial charge >= 0.3 is 0 Å². The van der Waals surface area contributed by atoms with E-state index in [9.17, 15) is 18.3 Å². The van der Waals surface area contributed by atoms with Crippen LogP contribution in [0.1, 0.15) is 10.4 Å². The molecule has 0 aliphatic carbocycles. The van der Waals surface area contributed by atoms with Gasteiger partial charge in [0.2, 0.25) is 0 Å². The molecule has 0 aliphatic heterocycles. The minimum Gasteiger partial charge on any atom is -0.505 e. The highest BCUT2D eigenvalue weighted by Crippen LogP contribution is 2.40. The van der Waals surface area contributed by atoms with Crippen molar-refractivity contribution < 1.29 is 18.3 Å². The standard InChI is InChI=1S/C23H16ClN3O4S/c24-16-8-6-7-15(13-16)23(29)26-25-21-14-20(18-11-4-5-12-19(18)22(21)28)27-32(30,31)17-9-2-1-3-10-17/h1-14,27-28H. The van der Waals surface area contributed by atoms with E-state index in [0.29, 0.717) is 15.8 Å². The molecule has 0 saturated heterocycles. The number of fused-ring (bicyclic) bond motifs is 1. The molecular weight excluding hydrogens is 450 g/mol. The summed E-state index contributed by atoms with van der Waals surface area (Å²) in [5.74, 6) is -0.891. The first kappa shape index (κ1) is 21.5. The van der Waals surface area contributed by atoms with Gasteiger partial charge in [0.25, 0.3) is 15.9 Å². The normalized spacial score (nSPS) is 11.7. The highest BCUT2D eigenvalue weighted by atomic mass is 35.5. The molecular formula is C23H16ClN3O4S. The largest absolute Gasteiger partial charge is 0.505 e. The lowest BCUT2D eigenvalue weighted by Crippen LogP contribution is -2.13. The molecule has 2 N–H and O–H groups in total. The molecule has 9 heteroatoms. The Morgan fingerprint density at radius 3 is 2.28 bits per heavy atom. The molecule has 0 fully saturated rings. The number of phenols is 1. The summed E-state index contributed by atoms with van der Waals surface area (Å²) in [6.45, 7) is 0. The van der Waals surface area contributed by atoms with Crippen molar-refractivity contribution in [2.24, 2.45) is 10.2 Å². The number of halogens is 1. The Morgan fingerprint density at radius 2 is 1.56 bits per heavy atom. The minimum absolute atomic E-state index is 0.0650. The van der Waals surface area contributed by atoms with E-state index >= 15 is 0 Å². The second-order valence-corrected chi connectivity index (χ2v) is 8.89.